The van der Waals surface area contributed by atoms with E-state index in [1.165, 1.54) is 12.1 Å². The largest absolute Gasteiger partial charge is 0.493 e. The van der Waals surface area contributed by atoms with Crippen LogP contribution in [0.15, 0.2) is 22.7 Å². The van der Waals surface area contributed by atoms with Crippen LogP contribution >= 0.6 is 0 Å². The molecule has 0 unspecified atom stereocenters. The Kier molecular flexibility index (Phi) is 3.96. The van der Waals surface area contributed by atoms with Gasteiger partial charge in [0.2, 0.25) is 0 Å². The van der Waals surface area contributed by atoms with E-state index in [9.17, 15) is 9.18 Å². The van der Waals surface area contributed by atoms with Crippen molar-refractivity contribution in [3.8, 4) is 5.75 Å². The summed E-state index contributed by atoms with van der Waals surface area (Å²) in [5.74, 6) is 0.758. The topological polar surface area (TPSA) is 64.4 Å². The van der Waals surface area contributed by atoms with E-state index >= 15 is 0 Å². The number of carbonyl (C=O) groups is 1. The van der Waals surface area contributed by atoms with Crippen LogP contribution in [0.25, 0.3) is 0 Å². The minimum absolute atomic E-state index is 0.216. The molecule has 0 radical (unpaired) electrons. The molecule has 2 heterocycles. The number of nitrogens with zero attached hydrogens (tertiary/aromatic N) is 1. The van der Waals surface area contributed by atoms with Crippen molar-refractivity contribution in [3.63, 3.8) is 0 Å². The van der Waals surface area contributed by atoms with E-state index in [1.54, 1.807) is 6.07 Å². The number of ether oxygens (including phenoxy) is 1. The highest BCUT2D eigenvalue weighted by Gasteiger charge is 2.27. The van der Waals surface area contributed by atoms with E-state index in [0.29, 0.717) is 18.1 Å². The molecule has 0 fully saturated rings. The molecule has 1 aromatic carbocycles. The first-order valence-electron chi connectivity index (χ1n) is 8.43. The predicted molar refractivity (Wildman–Crippen MR) is 84.5 cm³/mol. The smallest absolute Gasteiger partial charge is 0.274 e. The summed E-state index contributed by atoms with van der Waals surface area (Å²) in [6.45, 7) is 0.516. The summed E-state index contributed by atoms with van der Waals surface area (Å²) >= 11 is 0. The Morgan fingerprint density at radius 1 is 1.25 bits per heavy atom. The lowest BCUT2D eigenvalue weighted by molar-refractivity contribution is 0.0924. The van der Waals surface area contributed by atoms with Crippen LogP contribution in [0.1, 0.15) is 59.1 Å². The van der Waals surface area contributed by atoms with Crippen LogP contribution in [0.2, 0.25) is 0 Å². The van der Waals surface area contributed by atoms with Crippen molar-refractivity contribution in [2.24, 2.45) is 0 Å². The summed E-state index contributed by atoms with van der Waals surface area (Å²) in [4.78, 5) is 12.7. The first-order chi connectivity index (χ1) is 11.7. The fourth-order valence-electron chi connectivity index (χ4n) is 3.49. The van der Waals surface area contributed by atoms with Gasteiger partial charge < -0.3 is 14.6 Å². The second-order valence-corrected chi connectivity index (χ2v) is 6.34. The Morgan fingerprint density at radius 2 is 2.12 bits per heavy atom. The van der Waals surface area contributed by atoms with Crippen LogP contribution in [0.3, 0.4) is 0 Å². The average Bonchev–Trinajstić information content (AvgIpc) is 2.92. The van der Waals surface area contributed by atoms with Crippen LogP contribution in [0.4, 0.5) is 4.39 Å². The van der Waals surface area contributed by atoms with Crippen molar-refractivity contribution in [2.45, 2.75) is 44.6 Å². The molecule has 1 aliphatic heterocycles. The molecule has 1 aromatic heterocycles. The number of aromatic nitrogens is 1. The highest BCUT2D eigenvalue weighted by atomic mass is 19.1. The Labute approximate surface area is 139 Å². The number of hydrogen-bond donors (Lipinski definition) is 1. The molecule has 1 N–H and O–H groups in total. The summed E-state index contributed by atoms with van der Waals surface area (Å²) in [5.41, 5.74) is 2.13. The van der Waals surface area contributed by atoms with Crippen LogP contribution < -0.4 is 10.1 Å². The molecule has 0 spiro atoms. The Balaban J connectivity index is 1.59. The van der Waals surface area contributed by atoms with Crippen molar-refractivity contribution in [3.05, 3.63) is 46.6 Å². The van der Waals surface area contributed by atoms with Gasteiger partial charge in [0, 0.05) is 23.6 Å². The van der Waals surface area contributed by atoms with Gasteiger partial charge in [0.1, 0.15) is 17.3 Å². The number of benzene rings is 1. The molecule has 24 heavy (non-hydrogen) atoms. The van der Waals surface area contributed by atoms with Gasteiger partial charge in [-0.1, -0.05) is 11.2 Å². The molecular formula is C18H19FN2O3. The Morgan fingerprint density at radius 3 is 3.04 bits per heavy atom. The van der Waals surface area contributed by atoms with E-state index in [0.717, 1.165) is 55.4 Å². The predicted octanol–water partition coefficient (Wildman–Crippen LogP) is 3.34. The zero-order valence-electron chi connectivity index (χ0n) is 13.3. The third-order valence-corrected chi connectivity index (χ3v) is 4.72. The van der Waals surface area contributed by atoms with E-state index in [2.05, 4.69) is 10.5 Å². The van der Waals surface area contributed by atoms with Crippen LogP contribution in [0.5, 0.6) is 5.75 Å². The second-order valence-electron chi connectivity index (χ2n) is 6.34. The molecule has 1 atom stereocenters. The zero-order valence-corrected chi connectivity index (χ0v) is 13.3. The standard InChI is InChI=1S/C18H19FN2O3/c19-11-7-8-12-14(5-3-9-23-16(12)10-11)20-18(22)17-13-4-1-2-6-15(13)24-21-17/h7-8,10,14H,1-6,9H2,(H,20,22)/t14-/m0/s1. The number of aryl methyl sites for hydroxylation is 1. The van der Waals surface area contributed by atoms with Crippen LogP contribution in [-0.4, -0.2) is 17.7 Å². The number of hydrogen-bond acceptors (Lipinski definition) is 4. The Hall–Kier alpha value is -2.37. The molecule has 0 bridgehead atoms. The molecule has 1 aliphatic carbocycles. The van der Waals surface area contributed by atoms with Crippen molar-refractivity contribution in [1.29, 1.82) is 0 Å². The third-order valence-electron chi connectivity index (χ3n) is 4.72. The number of rotatable bonds is 2. The van der Waals surface area contributed by atoms with Crippen molar-refractivity contribution < 1.29 is 18.4 Å². The summed E-state index contributed by atoms with van der Waals surface area (Å²) in [7, 11) is 0. The average molecular weight is 330 g/mol. The Bertz CT molecular complexity index is 772. The summed E-state index contributed by atoms with van der Waals surface area (Å²) in [6.07, 6.45) is 5.32. The minimum Gasteiger partial charge on any atom is -0.493 e. The number of halogens is 1. The molecule has 126 valence electrons. The molecule has 5 nitrogen and oxygen atoms in total. The molecule has 6 heteroatoms. The molecule has 0 saturated heterocycles. The third kappa shape index (κ3) is 2.77. The first kappa shape index (κ1) is 15.2. The maximum Gasteiger partial charge on any atom is 0.274 e. The fourth-order valence-corrected chi connectivity index (χ4v) is 3.49. The number of amides is 1. The monoisotopic (exact) mass is 330 g/mol. The van der Waals surface area contributed by atoms with Gasteiger partial charge in [-0.25, -0.2) is 4.39 Å². The summed E-state index contributed by atoms with van der Waals surface area (Å²) in [6, 6.07) is 4.23. The SMILES string of the molecule is O=C(N[C@H]1CCCOc2cc(F)ccc21)c1noc2c1CCCC2. The lowest BCUT2D eigenvalue weighted by Gasteiger charge is -2.18. The lowest BCUT2D eigenvalue weighted by Crippen LogP contribution is -2.29. The highest BCUT2D eigenvalue weighted by molar-refractivity contribution is 5.94. The summed E-state index contributed by atoms with van der Waals surface area (Å²) in [5, 5.41) is 7.00. The van der Waals surface area contributed by atoms with Crippen molar-refractivity contribution in [2.75, 3.05) is 6.61 Å². The van der Waals surface area contributed by atoms with Gasteiger partial charge in [-0.15, -0.1) is 0 Å². The quantitative estimate of drug-likeness (QED) is 0.917. The van der Waals surface area contributed by atoms with Gasteiger partial charge in [-0.3, -0.25) is 4.79 Å². The molecule has 1 amide bonds. The van der Waals surface area contributed by atoms with Gasteiger partial charge in [-0.05, 0) is 38.2 Å². The van der Waals surface area contributed by atoms with E-state index in [-0.39, 0.29) is 17.8 Å². The number of fused-ring (bicyclic) bond motifs is 2. The lowest BCUT2D eigenvalue weighted by atomic mass is 9.96. The van der Waals surface area contributed by atoms with E-state index in [4.69, 9.17) is 9.26 Å². The van der Waals surface area contributed by atoms with Gasteiger partial charge in [0.15, 0.2) is 5.69 Å². The van der Waals surface area contributed by atoms with Crippen LogP contribution in [0, 0.1) is 5.82 Å². The fraction of sp³-hybridized carbons (Fsp3) is 0.444. The molecule has 2 aromatic rings. The maximum absolute atomic E-state index is 13.4. The molecule has 2 aliphatic rings. The van der Waals surface area contributed by atoms with Crippen molar-refractivity contribution >= 4 is 5.91 Å². The molecule has 4 rings (SSSR count). The van der Waals surface area contributed by atoms with Gasteiger partial charge in [-0.2, -0.15) is 0 Å². The van der Waals surface area contributed by atoms with E-state index in [1.807, 2.05) is 0 Å². The maximum atomic E-state index is 13.4. The van der Waals surface area contributed by atoms with Gasteiger partial charge in [0.25, 0.3) is 5.91 Å². The van der Waals surface area contributed by atoms with E-state index < -0.39 is 0 Å². The first-order valence-corrected chi connectivity index (χ1v) is 8.43. The van der Waals surface area contributed by atoms with Crippen molar-refractivity contribution in [1.82, 2.24) is 10.5 Å². The normalized spacial score (nSPS) is 19.6. The van der Waals surface area contributed by atoms with Gasteiger partial charge >= 0.3 is 0 Å². The second kappa shape index (κ2) is 6.26. The minimum atomic E-state index is -0.341. The zero-order chi connectivity index (χ0) is 16.5. The summed E-state index contributed by atoms with van der Waals surface area (Å²) < 4.78 is 24.4. The highest BCUT2D eigenvalue weighted by Crippen LogP contribution is 2.32. The molecule has 0 saturated carbocycles. The van der Waals surface area contributed by atoms with Gasteiger partial charge in [0.05, 0.1) is 12.6 Å². The van der Waals surface area contributed by atoms with Crippen LogP contribution in [-0.2, 0) is 12.8 Å². The number of nitrogens with one attached hydrogen (secondary N) is 1. The molecular weight excluding hydrogens is 311 g/mol. The number of carbonyl (C=O) groups excluding carboxylic acids is 1.